The van der Waals surface area contributed by atoms with Crippen molar-refractivity contribution in [3.8, 4) is 0 Å². The number of aryl methyl sites for hydroxylation is 2. The van der Waals surface area contributed by atoms with Gasteiger partial charge in [-0.05, 0) is 26.3 Å². The van der Waals surface area contributed by atoms with Crippen LogP contribution in [-0.2, 0) is 18.6 Å². The van der Waals surface area contributed by atoms with Gasteiger partial charge in [-0.2, -0.15) is 0 Å². The molecule has 0 saturated heterocycles. The lowest BCUT2D eigenvalue weighted by Crippen LogP contribution is -2.26. The molecule has 0 radical (unpaired) electrons. The normalized spacial score (nSPS) is 14.4. The minimum atomic E-state index is -0.883. The Morgan fingerprint density at radius 2 is 1.94 bits per heavy atom. The molecule has 0 aliphatic carbocycles. The molecule has 2 rings (SSSR count). The molecule has 1 atom stereocenters. The highest BCUT2D eigenvalue weighted by Gasteiger charge is 2.25. The average Bonchev–Trinajstić information content (AvgIpc) is 2.76. The Morgan fingerprint density at radius 3 is 2.56 bits per heavy atom. The van der Waals surface area contributed by atoms with Gasteiger partial charge in [0.2, 0.25) is 0 Å². The number of benzene rings is 1. The van der Waals surface area contributed by atoms with Crippen LogP contribution in [0.2, 0.25) is 0 Å². The maximum Gasteiger partial charge on any atom is 0.111 e. The number of imidazole rings is 1. The van der Waals surface area contributed by atoms with Crippen LogP contribution in [0.5, 0.6) is 0 Å². The van der Waals surface area contributed by atoms with Crippen LogP contribution < -0.4 is 0 Å². The Kier molecular flexibility index (Phi) is 3.53. The Bertz CT molecular complexity index is 512. The highest BCUT2D eigenvalue weighted by atomic mass is 16.3. The number of rotatable bonds is 4. The fourth-order valence-corrected chi connectivity index (χ4v) is 2.12. The summed E-state index contributed by atoms with van der Waals surface area (Å²) in [7, 11) is 0. The summed E-state index contributed by atoms with van der Waals surface area (Å²) >= 11 is 0. The van der Waals surface area contributed by atoms with Crippen LogP contribution in [0, 0.1) is 6.92 Å². The van der Waals surface area contributed by atoms with Gasteiger partial charge in [-0.15, -0.1) is 0 Å². The fraction of sp³-hybridized carbons (Fsp3) is 0.400. The van der Waals surface area contributed by atoms with Crippen LogP contribution >= 0.6 is 0 Å². The van der Waals surface area contributed by atoms with E-state index in [1.54, 1.807) is 6.20 Å². The molecule has 0 fully saturated rings. The van der Waals surface area contributed by atoms with Gasteiger partial charge in [0.05, 0.1) is 5.60 Å². The zero-order chi connectivity index (χ0) is 13.2. The van der Waals surface area contributed by atoms with Crippen LogP contribution in [0.25, 0.3) is 0 Å². The molecule has 0 saturated carbocycles. The van der Waals surface area contributed by atoms with Gasteiger partial charge in [0.25, 0.3) is 0 Å². The number of aliphatic hydroxyl groups is 1. The Labute approximate surface area is 108 Å². The van der Waals surface area contributed by atoms with Crippen molar-refractivity contribution >= 4 is 0 Å². The van der Waals surface area contributed by atoms with Crippen molar-refractivity contribution in [2.75, 3.05) is 0 Å². The van der Waals surface area contributed by atoms with E-state index >= 15 is 0 Å². The predicted molar refractivity (Wildman–Crippen MR) is 72.4 cm³/mol. The third-order valence-corrected chi connectivity index (χ3v) is 3.32. The summed E-state index contributed by atoms with van der Waals surface area (Å²) in [5.41, 5.74) is 1.25. The van der Waals surface area contributed by atoms with Crippen molar-refractivity contribution in [1.29, 1.82) is 0 Å². The molecule has 2 aromatic rings. The SMILES string of the molecule is CCn1ccnc1CC(C)(O)c1ccc(C)cc1. The zero-order valence-electron chi connectivity index (χ0n) is 11.2. The van der Waals surface area contributed by atoms with Gasteiger partial charge >= 0.3 is 0 Å². The second-order valence-electron chi connectivity index (χ2n) is 4.95. The summed E-state index contributed by atoms with van der Waals surface area (Å²) in [6.45, 7) is 6.83. The van der Waals surface area contributed by atoms with Gasteiger partial charge in [0.15, 0.2) is 0 Å². The van der Waals surface area contributed by atoms with Gasteiger partial charge in [-0.25, -0.2) is 4.98 Å². The van der Waals surface area contributed by atoms with Crippen molar-refractivity contribution in [3.63, 3.8) is 0 Å². The van der Waals surface area contributed by atoms with Crippen molar-refractivity contribution in [2.24, 2.45) is 0 Å². The molecule has 1 aromatic heterocycles. The van der Waals surface area contributed by atoms with Crippen LogP contribution in [0.4, 0.5) is 0 Å². The molecule has 0 aliphatic rings. The van der Waals surface area contributed by atoms with Gasteiger partial charge < -0.3 is 9.67 Å². The molecule has 0 amide bonds. The quantitative estimate of drug-likeness (QED) is 0.898. The maximum absolute atomic E-state index is 10.6. The molecule has 1 heterocycles. The number of hydrogen-bond acceptors (Lipinski definition) is 2. The Hall–Kier alpha value is -1.61. The van der Waals surface area contributed by atoms with E-state index in [4.69, 9.17) is 0 Å². The fourth-order valence-electron chi connectivity index (χ4n) is 2.12. The van der Waals surface area contributed by atoms with E-state index in [0.717, 1.165) is 17.9 Å². The van der Waals surface area contributed by atoms with Gasteiger partial charge in [0.1, 0.15) is 5.82 Å². The van der Waals surface area contributed by atoms with E-state index in [9.17, 15) is 5.11 Å². The van der Waals surface area contributed by atoms with Gasteiger partial charge in [-0.3, -0.25) is 0 Å². The molecule has 0 aliphatic heterocycles. The van der Waals surface area contributed by atoms with E-state index in [-0.39, 0.29) is 0 Å². The molecule has 18 heavy (non-hydrogen) atoms. The molecule has 3 heteroatoms. The van der Waals surface area contributed by atoms with E-state index < -0.39 is 5.60 Å². The standard InChI is InChI=1S/C15H20N2O/c1-4-17-10-9-16-14(17)11-15(3,18)13-7-5-12(2)6-8-13/h5-10,18H,4,11H2,1-3H3. The number of nitrogens with zero attached hydrogens (tertiary/aromatic N) is 2. The first-order chi connectivity index (χ1) is 8.53. The number of hydrogen-bond donors (Lipinski definition) is 1. The number of aromatic nitrogens is 2. The summed E-state index contributed by atoms with van der Waals surface area (Å²) in [5.74, 6) is 0.920. The second kappa shape index (κ2) is 4.94. The topological polar surface area (TPSA) is 38.0 Å². The lowest BCUT2D eigenvalue weighted by molar-refractivity contribution is 0.0546. The zero-order valence-corrected chi connectivity index (χ0v) is 11.2. The van der Waals surface area contributed by atoms with Crippen LogP contribution in [0.15, 0.2) is 36.7 Å². The van der Waals surface area contributed by atoms with Crippen molar-refractivity contribution in [1.82, 2.24) is 9.55 Å². The monoisotopic (exact) mass is 244 g/mol. The first-order valence-electron chi connectivity index (χ1n) is 6.32. The van der Waals surface area contributed by atoms with E-state index in [1.807, 2.05) is 44.3 Å². The highest BCUT2D eigenvalue weighted by molar-refractivity contribution is 5.26. The third kappa shape index (κ3) is 2.62. The lowest BCUT2D eigenvalue weighted by Gasteiger charge is -2.24. The average molecular weight is 244 g/mol. The van der Waals surface area contributed by atoms with Crippen LogP contribution in [0.3, 0.4) is 0 Å². The van der Waals surface area contributed by atoms with Crippen LogP contribution in [-0.4, -0.2) is 14.7 Å². The first kappa shape index (κ1) is 12.8. The minimum Gasteiger partial charge on any atom is -0.385 e. The summed E-state index contributed by atoms with van der Waals surface area (Å²) in [5, 5.41) is 10.6. The molecule has 3 nitrogen and oxygen atoms in total. The maximum atomic E-state index is 10.6. The molecular weight excluding hydrogens is 224 g/mol. The molecule has 1 unspecified atom stereocenters. The summed E-state index contributed by atoms with van der Waals surface area (Å²) in [4.78, 5) is 4.32. The van der Waals surface area contributed by atoms with Crippen LogP contribution in [0.1, 0.15) is 30.8 Å². The third-order valence-electron chi connectivity index (χ3n) is 3.32. The predicted octanol–water partition coefficient (Wildman–Crippen LogP) is 2.66. The van der Waals surface area contributed by atoms with Gasteiger partial charge in [-0.1, -0.05) is 29.8 Å². The Morgan fingerprint density at radius 1 is 1.28 bits per heavy atom. The molecular formula is C15H20N2O. The largest absolute Gasteiger partial charge is 0.385 e. The van der Waals surface area contributed by atoms with E-state index in [0.29, 0.717) is 6.42 Å². The van der Waals surface area contributed by atoms with Crippen molar-refractivity contribution in [3.05, 3.63) is 53.6 Å². The molecule has 0 spiro atoms. The molecule has 1 aromatic carbocycles. The Balaban J connectivity index is 2.23. The minimum absolute atomic E-state index is 0.525. The van der Waals surface area contributed by atoms with Gasteiger partial charge in [0, 0.05) is 25.4 Å². The molecule has 96 valence electrons. The van der Waals surface area contributed by atoms with Crippen molar-refractivity contribution < 1.29 is 5.11 Å². The lowest BCUT2D eigenvalue weighted by atomic mass is 9.91. The molecule has 1 N–H and O–H groups in total. The first-order valence-corrected chi connectivity index (χ1v) is 6.32. The van der Waals surface area contributed by atoms with Crippen molar-refractivity contribution in [2.45, 2.75) is 39.3 Å². The smallest absolute Gasteiger partial charge is 0.111 e. The summed E-state index contributed by atoms with van der Waals surface area (Å²) in [6, 6.07) is 8.01. The highest BCUT2D eigenvalue weighted by Crippen LogP contribution is 2.25. The van der Waals surface area contributed by atoms with E-state index in [2.05, 4.69) is 16.5 Å². The summed E-state index contributed by atoms with van der Waals surface area (Å²) < 4.78 is 2.06. The van der Waals surface area contributed by atoms with E-state index in [1.165, 1.54) is 5.56 Å². The summed E-state index contributed by atoms with van der Waals surface area (Å²) in [6.07, 6.45) is 4.25. The molecule has 0 bridgehead atoms. The second-order valence-corrected chi connectivity index (χ2v) is 4.95.